The maximum Gasteiger partial charge on any atom is 0.253 e. The second kappa shape index (κ2) is 5.05. The molecule has 0 bridgehead atoms. The van der Waals surface area contributed by atoms with Gasteiger partial charge in [-0.2, -0.15) is 4.99 Å². The third-order valence-corrected chi connectivity index (χ3v) is 4.43. The lowest BCUT2D eigenvalue weighted by molar-refractivity contribution is -0.125. The third kappa shape index (κ3) is 2.50. The van der Waals surface area contributed by atoms with Crippen LogP contribution in [-0.4, -0.2) is 17.6 Å². The maximum atomic E-state index is 12.1. The van der Waals surface area contributed by atoms with Crippen molar-refractivity contribution in [2.45, 2.75) is 27.7 Å². The molecule has 1 amide bonds. The minimum Gasteiger partial charge on any atom is -0.495 e. The summed E-state index contributed by atoms with van der Waals surface area (Å²) in [6, 6.07) is 3.97. The van der Waals surface area contributed by atoms with Gasteiger partial charge < -0.3 is 9.30 Å². The van der Waals surface area contributed by atoms with Gasteiger partial charge in [0.05, 0.1) is 11.8 Å². The van der Waals surface area contributed by atoms with Gasteiger partial charge in [0.15, 0.2) is 4.80 Å². The number of fused-ring (bicyclic) bond motifs is 1. The quantitative estimate of drug-likeness (QED) is 0.811. The minimum atomic E-state index is -0.470. The van der Waals surface area contributed by atoms with Gasteiger partial charge >= 0.3 is 0 Å². The molecule has 0 saturated heterocycles. The first kappa shape index (κ1) is 14.8. The average Bonchev–Trinajstić information content (AvgIpc) is 2.68. The molecule has 1 aromatic heterocycles. The highest BCUT2D eigenvalue weighted by atomic mass is 32.1. The summed E-state index contributed by atoms with van der Waals surface area (Å²) in [6.45, 7) is 7.67. The standard InChI is InChI=1S/C15H20N2O2S/c1-9-7-8-10(19-6)11-12(9)20-14(17(11)5)16-13(18)15(2,3)4/h7-8H,1-6H3. The van der Waals surface area contributed by atoms with Crippen molar-refractivity contribution in [2.75, 3.05) is 7.11 Å². The molecule has 5 heteroatoms. The Kier molecular flexibility index (Phi) is 3.73. The fourth-order valence-corrected chi connectivity index (χ4v) is 2.98. The lowest BCUT2D eigenvalue weighted by atomic mass is 9.96. The van der Waals surface area contributed by atoms with Crippen molar-refractivity contribution in [1.82, 2.24) is 4.57 Å². The van der Waals surface area contributed by atoms with E-state index in [0.29, 0.717) is 4.80 Å². The molecule has 0 fully saturated rings. The average molecular weight is 292 g/mol. The maximum absolute atomic E-state index is 12.1. The van der Waals surface area contributed by atoms with Crippen molar-refractivity contribution >= 4 is 27.5 Å². The van der Waals surface area contributed by atoms with Gasteiger partial charge in [-0.05, 0) is 18.6 Å². The van der Waals surface area contributed by atoms with Gasteiger partial charge in [-0.1, -0.05) is 38.2 Å². The van der Waals surface area contributed by atoms with E-state index in [4.69, 9.17) is 4.74 Å². The first-order valence-corrected chi connectivity index (χ1v) is 7.29. The topological polar surface area (TPSA) is 43.6 Å². The lowest BCUT2D eigenvalue weighted by Gasteiger charge is -2.11. The number of carbonyl (C=O) groups is 1. The summed E-state index contributed by atoms with van der Waals surface area (Å²) >= 11 is 1.52. The van der Waals surface area contributed by atoms with Gasteiger partial charge in [0.1, 0.15) is 11.3 Å². The Labute approximate surface area is 122 Å². The zero-order valence-electron chi connectivity index (χ0n) is 12.8. The Bertz CT molecular complexity index is 733. The lowest BCUT2D eigenvalue weighted by Crippen LogP contribution is -2.22. The molecule has 1 aromatic carbocycles. The van der Waals surface area contributed by atoms with E-state index in [1.165, 1.54) is 11.3 Å². The highest BCUT2D eigenvalue weighted by molar-refractivity contribution is 7.16. The molecule has 0 N–H and O–H groups in total. The molecule has 0 aliphatic heterocycles. The molecule has 108 valence electrons. The number of rotatable bonds is 1. The molecule has 0 aliphatic carbocycles. The van der Waals surface area contributed by atoms with Crippen LogP contribution < -0.4 is 9.54 Å². The van der Waals surface area contributed by atoms with Crippen LogP contribution in [0.2, 0.25) is 0 Å². The Morgan fingerprint density at radius 3 is 2.55 bits per heavy atom. The molecule has 0 saturated carbocycles. The van der Waals surface area contributed by atoms with E-state index in [9.17, 15) is 4.79 Å². The summed E-state index contributed by atoms with van der Waals surface area (Å²) in [5.41, 5.74) is 1.67. The molecule has 0 atom stereocenters. The molecule has 0 radical (unpaired) electrons. The smallest absolute Gasteiger partial charge is 0.253 e. The van der Waals surface area contributed by atoms with E-state index < -0.39 is 5.41 Å². The Morgan fingerprint density at radius 1 is 1.35 bits per heavy atom. The Balaban J connectivity index is 2.75. The van der Waals surface area contributed by atoms with Crippen molar-refractivity contribution < 1.29 is 9.53 Å². The molecular weight excluding hydrogens is 272 g/mol. The van der Waals surface area contributed by atoms with Crippen molar-refractivity contribution in [1.29, 1.82) is 0 Å². The molecule has 1 heterocycles. The summed E-state index contributed by atoms with van der Waals surface area (Å²) < 4.78 is 8.44. The Hall–Kier alpha value is -1.62. The highest BCUT2D eigenvalue weighted by Crippen LogP contribution is 2.29. The first-order chi connectivity index (χ1) is 9.25. The number of aromatic nitrogens is 1. The molecule has 2 rings (SSSR count). The van der Waals surface area contributed by atoms with Crippen molar-refractivity contribution in [3.05, 3.63) is 22.5 Å². The molecule has 20 heavy (non-hydrogen) atoms. The van der Waals surface area contributed by atoms with Crippen molar-refractivity contribution in [2.24, 2.45) is 17.5 Å². The van der Waals surface area contributed by atoms with Gasteiger partial charge in [0.25, 0.3) is 5.91 Å². The summed E-state index contributed by atoms with van der Waals surface area (Å²) in [4.78, 5) is 17.1. The number of nitrogens with zero attached hydrogens (tertiary/aromatic N) is 2. The third-order valence-electron chi connectivity index (χ3n) is 3.17. The molecule has 0 spiro atoms. The van der Waals surface area contributed by atoms with Crippen molar-refractivity contribution in [3.63, 3.8) is 0 Å². The van der Waals surface area contributed by atoms with Crippen LogP contribution in [0.5, 0.6) is 5.75 Å². The number of aryl methyl sites for hydroxylation is 2. The van der Waals surface area contributed by atoms with Crippen LogP contribution in [0.3, 0.4) is 0 Å². The second-order valence-corrected chi connectivity index (χ2v) is 6.85. The van der Waals surface area contributed by atoms with Crippen LogP contribution in [0.4, 0.5) is 0 Å². The fourth-order valence-electron chi connectivity index (χ4n) is 1.87. The summed E-state index contributed by atoms with van der Waals surface area (Å²) in [5, 5.41) is 0. The number of benzene rings is 1. The van der Waals surface area contributed by atoms with Gasteiger partial charge in [-0.15, -0.1) is 0 Å². The molecule has 4 nitrogen and oxygen atoms in total. The number of carbonyl (C=O) groups excluding carboxylic acids is 1. The van der Waals surface area contributed by atoms with Crippen LogP contribution in [0.15, 0.2) is 17.1 Å². The van der Waals surface area contributed by atoms with E-state index in [1.807, 2.05) is 51.4 Å². The number of hydrogen-bond acceptors (Lipinski definition) is 3. The molecule has 2 aromatic rings. The minimum absolute atomic E-state index is 0.115. The van der Waals surface area contributed by atoms with Gasteiger partial charge in [0, 0.05) is 12.5 Å². The van der Waals surface area contributed by atoms with E-state index in [-0.39, 0.29) is 5.91 Å². The predicted molar refractivity (Wildman–Crippen MR) is 82.1 cm³/mol. The van der Waals surface area contributed by atoms with Crippen LogP contribution in [0, 0.1) is 12.3 Å². The van der Waals surface area contributed by atoms with Crippen LogP contribution in [0.1, 0.15) is 26.3 Å². The zero-order chi connectivity index (χ0) is 15.1. The number of ether oxygens (including phenoxy) is 1. The number of methoxy groups -OCH3 is 1. The number of amides is 1. The van der Waals surface area contributed by atoms with Crippen LogP contribution in [-0.2, 0) is 11.8 Å². The monoisotopic (exact) mass is 292 g/mol. The SMILES string of the molecule is COc1ccc(C)c2sc(=NC(=O)C(C)(C)C)n(C)c12. The normalized spacial score (nSPS) is 13.0. The largest absolute Gasteiger partial charge is 0.495 e. The summed E-state index contributed by atoms with van der Waals surface area (Å²) in [5.74, 6) is 0.685. The second-order valence-electron chi connectivity index (χ2n) is 5.87. The van der Waals surface area contributed by atoms with E-state index in [2.05, 4.69) is 4.99 Å². The van der Waals surface area contributed by atoms with Gasteiger partial charge in [-0.25, -0.2) is 0 Å². The molecule has 0 unspecified atom stereocenters. The molecule has 0 aliphatic rings. The van der Waals surface area contributed by atoms with Gasteiger partial charge in [-0.3, -0.25) is 4.79 Å². The Morgan fingerprint density at radius 2 is 2.00 bits per heavy atom. The number of hydrogen-bond donors (Lipinski definition) is 0. The van der Waals surface area contributed by atoms with E-state index in [1.54, 1.807) is 7.11 Å². The fraction of sp³-hybridized carbons (Fsp3) is 0.467. The predicted octanol–water partition coefficient (Wildman–Crippen LogP) is 3.03. The van der Waals surface area contributed by atoms with Crippen LogP contribution in [0.25, 0.3) is 10.2 Å². The van der Waals surface area contributed by atoms with E-state index >= 15 is 0 Å². The first-order valence-electron chi connectivity index (χ1n) is 6.48. The van der Waals surface area contributed by atoms with Crippen molar-refractivity contribution in [3.8, 4) is 5.75 Å². The van der Waals surface area contributed by atoms with Gasteiger partial charge in [0.2, 0.25) is 0 Å². The number of thiazole rings is 1. The summed E-state index contributed by atoms with van der Waals surface area (Å²) in [7, 11) is 3.56. The van der Waals surface area contributed by atoms with E-state index in [0.717, 1.165) is 21.5 Å². The van der Waals surface area contributed by atoms with Crippen LogP contribution >= 0.6 is 11.3 Å². The summed E-state index contributed by atoms with van der Waals surface area (Å²) in [6.07, 6.45) is 0. The molecular formula is C15H20N2O2S. The highest BCUT2D eigenvalue weighted by Gasteiger charge is 2.21. The zero-order valence-corrected chi connectivity index (χ0v) is 13.6.